The van der Waals surface area contributed by atoms with Gasteiger partial charge in [-0.05, 0) is 62.8 Å². The molecule has 1 aromatic heterocycles. The molecular weight excluding hydrogens is 336 g/mol. The number of benzene rings is 1. The van der Waals surface area contributed by atoms with Crippen LogP contribution in [0.25, 0.3) is 5.69 Å². The quantitative estimate of drug-likeness (QED) is 0.891. The van der Waals surface area contributed by atoms with Gasteiger partial charge in [0.2, 0.25) is 0 Å². The van der Waals surface area contributed by atoms with Crippen molar-refractivity contribution in [2.24, 2.45) is 5.73 Å². The standard InChI is InChI=1S/C19H25ClN4O/c1-19(25-2)7-5-12(6-8-19)18-23-22-17-11-15(21)10-13-9-14(20)3-4-16(13)24(17)18/h3-4,9,12,15H,5-8,10-11,21H2,1-2H3. The fourth-order valence-corrected chi connectivity index (χ4v) is 4.40. The van der Waals surface area contributed by atoms with Crippen LogP contribution in [0.15, 0.2) is 18.2 Å². The van der Waals surface area contributed by atoms with Crippen molar-refractivity contribution in [3.05, 3.63) is 40.4 Å². The van der Waals surface area contributed by atoms with Crippen LogP contribution < -0.4 is 5.73 Å². The second-order valence-corrected chi connectivity index (χ2v) is 8.12. The number of fused-ring (bicyclic) bond motifs is 3. The molecule has 25 heavy (non-hydrogen) atoms. The van der Waals surface area contributed by atoms with Gasteiger partial charge in [0.25, 0.3) is 0 Å². The van der Waals surface area contributed by atoms with Crippen molar-refractivity contribution in [2.45, 2.75) is 63.0 Å². The van der Waals surface area contributed by atoms with E-state index in [-0.39, 0.29) is 11.6 Å². The Morgan fingerprint density at radius 1 is 1.24 bits per heavy atom. The number of hydrogen-bond acceptors (Lipinski definition) is 4. The first-order valence-corrected chi connectivity index (χ1v) is 9.40. The Morgan fingerprint density at radius 3 is 2.72 bits per heavy atom. The van der Waals surface area contributed by atoms with E-state index in [0.717, 1.165) is 60.9 Å². The number of aromatic nitrogens is 3. The lowest BCUT2D eigenvalue weighted by molar-refractivity contribution is -0.0277. The van der Waals surface area contributed by atoms with E-state index >= 15 is 0 Å². The van der Waals surface area contributed by atoms with E-state index in [1.165, 1.54) is 5.56 Å². The molecule has 0 amide bonds. The van der Waals surface area contributed by atoms with Crippen molar-refractivity contribution in [2.75, 3.05) is 7.11 Å². The molecule has 1 aliphatic heterocycles. The molecule has 0 saturated heterocycles. The summed E-state index contributed by atoms with van der Waals surface area (Å²) in [6.45, 7) is 2.20. The van der Waals surface area contributed by atoms with Crippen LogP contribution in [0.1, 0.15) is 55.7 Å². The Kier molecular flexibility index (Phi) is 4.34. The highest BCUT2D eigenvalue weighted by Gasteiger charge is 2.35. The van der Waals surface area contributed by atoms with E-state index in [1.807, 2.05) is 19.2 Å². The number of hydrogen-bond donors (Lipinski definition) is 1. The highest BCUT2D eigenvalue weighted by molar-refractivity contribution is 6.30. The number of nitrogens with two attached hydrogens (primary N) is 1. The minimum Gasteiger partial charge on any atom is -0.379 e. The van der Waals surface area contributed by atoms with Crippen LogP contribution in [0.2, 0.25) is 5.02 Å². The van der Waals surface area contributed by atoms with Gasteiger partial charge in [-0.2, -0.15) is 0 Å². The van der Waals surface area contributed by atoms with Gasteiger partial charge in [-0.1, -0.05) is 11.6 Å². The molecule has 2 aliphatic rings. The molecule has 0 spiro atoms. The number of methoxy groups -OCH3 is 1. The zero-order valence-electron chi connectivity index (χ0n) is 14.8. The lowest BCUT2D eigenvalue weighted by Gasteiger charge is -2.36. The SMILES string of the molecule is COC1(C)CCC(c2nnc3n2-c2ccc(Cl)cc2CC(N)C3)CC1. The van der Waals surface area contributed by atoms with Gasteiger partial charge in [0.1, 0.15) is 11.6 Å². The summed E-state index contributed by atoms with van der Waals surface area (Å²) in [4.78, 5) is 0. The normalized spacial score (nSPS) is 29.0. The molecule has 1 aromatic carbocycles. The molecule has 2 heterocycles. The number of halogens is 1. The third-order valence-electron chi connectivity index (χ3n) is 5.87. The molecule has 134 valence electrons. The van der Waals surface area contributed by atoms with Crippen LogP contribution in [0.4, 0.5) is 0 Å². The molecule has 1 atom stereocenters. The fourth-order valence-electron chi connectivity index (χ4n) is 4.21. The first-order valence-electron chi connectivity index (χ1n) is 9.03. The van der Waals surface area contributed by atoms with Gasteiger partial charge in [0, 0.05) is 30.5 Å². The second kappa shape index (κ2) is 6.38. The van der Waals surface area contributed by atoms with Crippen molar-refractivity contribution < 1.29 is 4.74 Å². The van der Waals surface area contributed by atoms with Crippen LogP contribution in [0.3, 0.4) is 0 Å². The summed E-state index contributed by atoms with van der Waals surface area (Å²) in [6.07, 6.45) is 5.77. The molecular formula is C19H25ClN4O. The smallest absolute Gasteiger partial charge is 0.140 e. The van der Waals surface area contributed by atoms with E-state index < -0.39 is 0 Å². The van der Waals surface area contributed by atoms with Gasteiger partial charge in [-0.3, -0.25) is 4.57 Å². The molecule has 0 bridgehead atoms. The average molecular weight is 361 g/mol. The van der Waals surface area contributed by atoms with E-state index in [4.69, 9.17) is 22.1 Å². The molecule has 4 rings (SSSR count). The minimum atomic E-state index is -0.00801. The van der Waals surface area contributed by atoms with Crippen molar-refractivity contribution in [3.63, 3.8) is 0 Å². The number of rotatable bonds is 2. The number of nitrogens with zero attached hydrogens (tertiary/aromatic N) is 3. The van der Waals surface area contributed by atoms with Crippen molar-refractivity contribution >= 4 is 11.6 Å². The zero-order valence-corrected chi connectivity index (χ0v) is 15.6. The van der Waals surface area contributed by atoms with Crippen molar-refractivity contribution in [1.82, 2.24) is 14.8 Å². The molecule has 1 saturated carbocycles. The maximum atomic E-state index is 6.32. The Hall–Kier alpha value is -1.43. The third kappa shape index (κ3) is 3.09. The van der Waals surface area contributed by atoms with Crippen LogP contribution in [-0.4, -0.2) is 33.5 Å². The molecule has 5 nitrogen and oxygen atoms in total. The molecule has 0 radical (unpaired) electrons. The Labute approximate surface area is 153 Å². The Bertz CT molecular complexity index is 780. The van der Waals surface area contributed by atoms with Gasteiger partial charge in [0.15, 0.2) is 0 Å². The highest BCUT2D eigenvalue weighted by atomic mass is 35.5. The van der Waals surface area contributed by atoms with Crippen LogP contribution >= 0.6 is 11.6 Å². The Morgan fingerprint density at radius 2 is 2.00 bits per heavy atom. The molecule has 1 fully saturated rings. The number of ether oxygens (including phenoxy) is 1. The van der Waals surface area contributed by atoms with Gasteiger partial charge in [-0.15, -0.1) is 10.2 Å². The zero-order chi connectivity index (χ0) is 17.6. The van der Waals surface area contributed by atoms with E-state index in [2.05, 4.69) is 27.8 Å². The monoisotopic (exact) mass is 360 g/mol. The molecule has 2 N–H and O–H groups in total. The van der Waals surface area contributed by atoms with E-state index in [0.29, 0.717) is 5.92 Å². The van der Waals surface area contributed by atoms with Gasteiger partial charge in [-0.25, -0.2) is 0 Å². The highest BCUT2D eigenvalue weighted by Crippen LogP contribution is 2.40. The van der Waals surface area contributed by atoms with Crippen LogP contribution in [0.5, 0.6) is 0 Å². The Balaban J connectivity index is 1.74. The van der Waals surface area contributed by atoms with Gasteiger partial charge >= 0.3 is 0 Å². The molecule has 1 aliphatic carbocycles. The first-order chi connectivity index (χ1) is 12.0. The lowest BCUT2D eigenvalue weighted by Crippen LogP contribution is -2.32. The summed E-state index contributed by atoms with van der Waals surface area (Å²) in [6, 6.07) is 6.08. The maximum Gasteiger partial charge on any atom is 0.140 e. The lowest BCUT2D eigenvalue weighted by atomic mass is 9.79. The summed E-state index contributed by atoms with van der Waals surface area (Å²) >= 11 is 6.22. The molecule has 1 unspecified atom stereocenters. The predicted octanol–water partition coefficient (Wildman–Crippen LogP) is 3.41. The van der Waals surface area contributed by atoms with E-state index in [9.17, 15) is 0 Å². The topological polar surface area (TPSA) is 66.0 Å². The van der Waals surface area contributed by atoms with Gasteiger partial charge < -0.3 is 10.5 Å². The summed E-state index contributed by atoms with van der Waals surface area (Å²) in [5, 5.41) is 9.81. The third-order valence-corrected chi connectivity index (χ3v) is 6.10. The summed E-state index contributed by atoms with van der Waals surface area (Å²) in [5.74, 6) is 2.43. The minimum absolute atomic E-state index is 0.00801. The second-order valence-electron chi connectivity index (χ2n) is 7.68. The molecule has 2 aromatic rings. The summed E-state index contributed by atoms with van der Waals surface area (Å²) in [5.41, 5.74) is 8.62. The predicted molar refractivity (Wildman–Crippen MR) is 98.4 cm³/mol. The molecule has 6 heteroatoms. The van der Waals surface area contributed by atoms with Crippen molar-refractivity contribution in [1.29, 1.82) is 0 Å². The first kappa shape index (κ1) is 17.0. The maximum absolute atomic E-state index is 6.32. The average Bonchev–Trinajstić information content (AvgIpc) is 2.93. The summed E-state index contributed by atoms with van der Waals surface area (Å²) in [7, 11) is 1.81. The van der Waals surface area contributed by atoms with Crippen LogP contribution in [-0.2, 0) is 17.6 Å². The largest absolute Gasteiger partial charge is 0.379 e. The van der Waals surface area contributed by atoms with Crippen LogP contribution in [0, 0.1) is 0 Å². The summed E-state index contributed by atoms with van der Waals surface area (Å²) < 4.78 is 7.92. The van der Waals surface area contributed by atoms with Gasteiger partial charge in [0.05, 0.1) is 11.3 Å². The fraction of sp³-hybridized carbons (Fsp3) is 0.579. The van der Waals surface area contributed by atoms with Crippen molar-refractivity contribution in [3.8, 4) is 5.69 Å². The van der Waals surface area contributed by atoms with E-state index in [1.54, 1.807) is 0 Å².